The Labute approximate surface area is 231 Å². The number of anilines is 1. The first-order chi connectivity index (χ1) is 18.6. The fourth-order valence-electron chi connectivity index (χ4n) is 4.31. The fourth-order valence-corrected chi connectivity index (χ4v) is 5.74. The van der Waals surface area contributed by atoms with E-state index in [2.05, 4.69) is 5.32 Å². The van der Waals surface area contributed by atoms with Crippen molar-refractivity contribution < 1.29 is 22.7 Å². The molecule has 0 spiro atoms. The topological polar surface area (TPSA) is 96.0 Å². The number of nitrogens with zero attached hydrogens (tertiary/aromatic N) is 2. The summed E-state index contributed by atoms with van der Waals surface area (Å²) in [4.78, 5) is 28.6. The maximum Gasteiger partial charge on any atom is 0.264 e. The zero-order valence-corrected chi connectivity index (χ0v) is 24.0. The Morgan fingerprint density at radius 3 is 2.26 bits per heavy atom. The summed E-state index contributed by atoms with van der Waals surface area (Å²) in [7, 11) is -2.54. The van der Waals surface area contributed by atoms with Crippen molar-refractivity contribution in [3.05, 3.63) is 89.5 Å². The predicted octanol–water partition coefficient (Wildman–Crippen LogP) is 4.45. The average molecular weight is 552 g/mol. The third kappa shape index (κ3) is 7.17. The van der Waals surface area contributed by atoms with Crippen LogP contribution >= 0.6 is 0 Å². The lowest BCUT2D eigenvalue weighted by Crippen LogP contribution is -2.52. The van der Waals surface area contributed by atoms with E-state index in [1.165, 1.54) is 17.0 Å². The first kappa shape index (κ1) is 29.7. The molecule has 0 fully saturated rings. The molecule has 39 heavy (non-hydrogen) atoms. The largest absolute Gasteiger partial charge is 0.497 e. The van der Waals surface area contributed by atoms with Crippen molar-refractivity contribution in [2.45, 2.75) is 51.6 Å². The zero-order chi connectivity index (χ0) is 28.6. The number of methoxy groups -OCH3 is 1. The molecule has 0 aliphatic heterocycles. The van der Waals surface area contributed by atoms with Gasteiger partial charge < -0.3 is 15.0 Å². The van der Waals surface area contributed by atoms with Crippen LogP contribution in [0.4, 0.5) is 5.69 Å². The molecule has 0 saturated heterocycles. The Morgan fingerprint density at radius 1 is 0.923 bits per heavy atom. The number of ether oxygens (including phenoxy) is 1. The highest BCUT2D eigenvalue weighted by Crippen LogP contribution is 2.27. The summed E-state index contributed by atoms with van der Waals surface area (Å²) in [5, 5.41) is 2.81. The highest BCUT2D eigenvalue weighted by atomic mass is 32.2. The molecule has 3 rings (SSSR count). The van der Waals surface area contributed by atoms with E-state index in [9.17, 15) is 18.0 Å². The summed E-state index contributed by atoms with van der Waals surface area (Å²) in [6, 6.07) is 19.8. The Hall–Kier alpha value is -3.85. The van der Waals surface area contributed by atoms with E-state index < -0.39 is 28.5 Å². The number of hydrogen-bond donors (Lipinski definition) is 1. The van der Waals surface area contributed by atoms with E-state index in [-0.39, 0.29) is 17.3 Å². The van der Waals surface area contributed by atoms with Gasteiger partial charge in [-0.2, -0.15) is 0 Å². The first-order valence-corrected chi connectivity index (χ1v) is 14.4. The van der Waals surface area contributed by atoms with Gasteiger partial charge in [0.2, 0.25) is 11.8 Å². The minimum atomic E-state index is -4.09. The number of nitrogens with one attached hydrogen (secondary N) is 1. The zero-order valence-electron chi connectivity index (χ0n) is 23.2. The van der Waals surface area contributed by atoms with E-state index in [0.29, 0.717) is 24.4 Å². The maximum atomic E-state index is 14.0. The van der Waals surface area contributed by atoms with Crippen molar-refractivity contribution in [1.29, 1.82) is 0 Å². The van der Waals surface area contributed by atoms with Gasteiger partial charge >= 0.3 is 0 Å². The van der Waals surface area contributed by atoms with Crippen LogP contribution in [0.2, 0.25) is 0 Å². The van der Waals surface area contributed by atoms with Crippen LogP contribution in [0.5, 0.6) is 5.75 Å². The third-order valence-corrected chi connectivity index (χ3v) is 8.40. The van der Waals surface area contributed by atoms with Gasteiger partial charge in [0, 0.05) is 13.1 Å². The van der Waals surface area contributed by atoms with Gasteiger partial charge in [-0.05, 0) is 80.3 Å². The van der Waals surface area contributed by atoms with Gasteiger partial charge in [-0.3, -0.25) is 13.9 Å². The molecule has 3 aromatic rings. The summed E-state index contributed by atoms with van der Waals surface area (Å²) >= 11 is 0. The molecule has 1 N–H and O–H groups in total. The van der Waals surface area contributed by atoms with Crippen LogP contribution in [0.3, 0.4) is 0 Å². The Balaban J connectivity index is 2.08. The Morgan fingerprint density at radius 2 is 1.64 bits per heavy atom. The lowest BCUT2D eigenvalue weighted by atomic mass is 10.1. The van der Waals surface area contributed by atoms with E-state index >= 15 is 0 Å². The molecule has 1 atom stereocenters. The van der Waals surface area contributed by atoms with Crippen molar-refractivity contribution in [2.75, 3.05) is 24.5 Å². The number of sulfonamides is 1. The minimum absolute atomic E-state index is 0.0751. The van der Waals surface area contributed by atoms with Crippen molar-refractivity contribution in [3.63, 3.8) is 0 Å². The number of hydrogen-bond acceptors (Lipinski definition) is 5. The second-order valence-corrected chi connectivity index (χ2v) is 11.1. The summed E-state index contributed by atoms with van der Waals surface area (Å²) < 4.78 is 34.2. The van der Waals surface area contributed by atoms with Crippen LogP contribution in [0.1, 0.15) is 37.0 Å². The molecule has 0 aliphatic rings. The van der Waals surface area contributed by atoms with E-state index in [1.54, 1.807) is 49.6 Å². The van der Waals surface area contributed by atoms with E-state index in [0.717, 1.165) is 21.0 Å². The van der Waals surface area contributed by atoms with E-state index in [1.807, 2.05) is 45.9 Å². The second-order valence-electron chi connectivity index (χ2n) is 9.29. The van der Waals surface area contributed by atoms with Crippen LogP contribution < -0.4 is 14.4 Å². The van der Waals surface area contributed by atoms with Gasteiger partial charge in [0.1, 0.15) is 18.3 Å². The number of aryl methyl sites for hydroxylation is 2. The molecule has 3 aromatic carbocycles. The van der Waals surface area contributed by atoms with E-state index in [4.69, 9.17) is 4.74 Å². The second kappa shape index (κ2) is 13.3. The molecule has 0 saturated carbocycles. The van der Waals surface area contributed by atoms with Gasteiger partial charge in [0.05, 0.1) is 17.7 Å². The van der Waals surface area contributed by atoms with Crippen LogP contribution in [-0.4, -0.2) is 51.4 Å². The standard InChI is InChI=1S/C30H37N3O5S/c1-6-28(30(35)31-7-2)32(20-24-12-11-13-26(19-24)38-5)29(34)21-33(25-17-16-22(3)23(4)18-25)39(36,37)27-14-9-8-10-15-27/h8-19,28H,6-7,20-21H2,1-5H3,(H,31,35)/t28-/m0/s1. The number of carbonyl (C=O) groups is 2. The third-order valence-electron chi connectivity index (χ3n) is 6.61. The van der Waals surface area contributed by atoms with Gasteiger partial charge in [-0.15, -0.1) is 0 Å². The summed E-state index contributed by atoms with van der Waals surface area (Å²) in [6.45, 7) is 7.52. The quantitative estimate of drug-likeness (QED) is 0.359. The number of rotatable bonds is 12. The molecule has 2 amide bonds. The fraction of sp³-hybridized carbons (Fsp3) is 0.333. The van der Waals surface area contributed by atoms with Crippen molar-refractivity contribution in [1.82, 2.24) is 10.2 Å². The molecule has 208 valence electrons. The molecule has 9 heteroatoms. The average Bonchev–Trinajstić information content (AvgIpc) is 2.93. The monoisotopic (exact) mass is 551 g/mol. The normalized spacial score (nSPS) is 11.9. The van der Waals surface area contributed by atoms with Crippen molar-refractivity contribution >= 4 is 27.5 Å². The van der Waals surface area contributed by atoms with Gasteiger partial charge in [0.25, 0.3) is 10.0 Å². The molecule has 0 heterocycles. The molecule has 8 nitrogen and oxygen atoms in total. The number of carbonyl (C=O) groups excluding carboxylic acids is 2. The predicted molar refractivity (Wildman–Crippen MR) is 153 cm³/mol. The lowest BCUT2D eigenvalue weighted by molar-refractivity contribution is -0.140. The molecular formula is C30H37N3O5S. The van der Waals surface area contributed by atoms with Crippen molar-refractivity contribution in [3.8, 4) is 5.75 Å². The van der Waals surface area contributed by atoms with Gasteiger partial charge in [-0.25, -0.2) is 8.42 Å². The van der Waals surface area contributed by atoms with Gasteiger partial charge in [0.15, 0.2) is 0 Å². The maximum absolute atomic E-state index is 14.0. The molecule has 0 unspecified atom stereocenters. The highest BCUT2D eigenvalue weighted by Gasteiger charge is 2.33. The first-order valence-electron chi connectivity index (χ1n) is 13.0. The number of benzene rings is 3. The highest BCUT2D eigenvalue weighted by molar-refractivity contribution is 7.92. The van der Waals surface area contributed by atoms with Crippen LogP contribution in [0.15, 0.2) is 77.7 Å². The summed E-state index contributed by atoms with van der Waals surface area (Å²) in [5.41, 5.74) is 3.04. The molecular weight excluding hydrogens is 514 g/mol. The minimum Gasteiger partial charge on any atom is -0.497 e. The van der Waals surface area contributed by atoms with Crippen LogP contribution in [0.25, 0.3) is 0 Å². The smallest absolute Gasteiger partial charge is 0.264 e. The number of likely N-dealkylation sites (N-methyl/N-ethyl adjacent to an activating group) is 1. The lowest BCUT2D eigenvalue weighted by Gasteiger charge is -2.33. The molecule has 0 aliphatic carbocycles. The Bertz CT molecular complexity index is 1390. The molecule has 0 radical (unpaired) electrons. The SMILES string of the molecule is CCNC(=O)[C@H](CC)N(Cc1cccc(OC)c1)C(=O)CN(c1ccc(C)c(C)c1)S(=O)(=O)c1ccccc1. The van der Waals surface area contributed by atoms with Crippen molar-refractivity contribution in [2.24, 2.45) is 0 Å². The van der Waals surface area contributed by atoms with Crippen LogP contribution in [-0.2, 0) is 26.2 Å². The Kier molecular flexibility index (Phi) is 10.1. The van der Waals surface area contributed by atoms with Crippen LogP contribution in [0, 0.1) is 13.8 Å². The van der Waals surface area contributed by atoms with Gasteiger partial charge in [-0.1, -0.05) is 43.3 Å². The number of amides is 2. The molecule has 0 aromatic heterocycles. The summed E-state index contributed by atoms with van der Waals surface area (Å²) in [6.07, 6.45) is 0.358. The summed E-state index contributed by atoms with van der Waals surface area (Å²) in [5.74, 6) is -0.164. The molecule has 0 bridgehead atoms.